The van der Waals surface area contributed by atoms with E-state index in [1.807, 2.05) is 26.8 Å². The van der Waals surface area contributed by atoms with E-state index in [1.54, 1.807) is 13.1 Å². The van der Waals surface area contributed by atoms with Crippen molar-refractivity contribution in [3.8, 4) is 17.2 Å². The van der Waals surface area contributed by atoms with Crippen molar-refractivity contribution in [2.75, 3.05) is 11.9 Å². The van der Waals surface area contributed by atoms with Crippen molar-refractivity contribution in [2.24, 2.45) is 0 Å². The number of carbonyl (C=O) groups is 1. The fourth-order valence-corrected chi connectivity index (χ4v) is 3.74. The zero-order valence-electron chi connectivity index (χ0n) is 22.5. The minimum absolute atomic E-state index is 0.0523. The topological polar surface area (TPSA) is 109 Å². The highest BCUT2D eigenvalue weighted by Crippen LogP contribution is 2.27. The van der Waals surface area contributed by atoms with Crippen molar-refractivity contribution in [2.45, 2.75) is 27.7 Å². The number of hydrogen-bond acceptors (Lipinski definition) is 5. The third-order valence-electron chi connectivity index (χ3n) is 5.53. The van der Waals surface area contributed by atoms with Gasteiger partial charge in [-0.15, -0.1) is 0 Å². The molecule has 4 rings (SSSR count). The average Bonchev–Trinajstić information content (AvgIpc) is 3.37. The van der Waals surface area contributed by atoms with Crippen LogP contribution < -0.4 is 20.3 Å². The second-order valence-corrected chi connectivity index (χ2v) is 8.07. The first-order valence-electron chi connectivity index (χ1n) is 12.6. The summed E-state index contributed by atoms with van der Waals surface area (Å²) in [5.74, 6) is -1.89. The van der Waals surface area contributed by atoms with E-state index in [-0.39, 0.29) is 35.1 Å². The molecule has 0 saturated carbocycles. The molecule has 0 bridgehead atoms. The Labute approximate surface area is 230 Å². The molecule has 3 N–H and O–H groups in total. The van der Waals surface area contributed by atoms with Crippen LogP contribution in [0.3, 0.4) is 0 Å². The molecule has 1 amide bonds. The molecule has 0 aliphatic heterocycles. The molecule has 2 aromatic carbocycles. The van der Waals surface area contributed by atoms with Crippen LogP contribution in [0, 0.1) is 24.0 Å². The van der Waals surface area contributed by atoms with Gasteiger partial charge in [-0.2, -0.15) is 0 Å². The van der Waals surface area contributed by atoms with E-state index in [0.717, 1.165) is 17.8 Å². The summed E-state index contributed by atoms with van der Waals surface area (Å²) in [6, 6.07) is 12.3. The maximum atomic E-state index is 15.0. The van der Waals surface area contributed by atoms with Gasteiger partial charge in [0.05, 0.1) is 12.3 Å². The Morgan fingerprint density at radius 3 is 2.40 bits per heavy atom. The molecule has 0 radical (unpaired) electrons. The second-order valence-electron chi connectivity index (χ2n) is 8.07. The van der Waals surface area contributed by atoms with E-state index in [2.05, 4.69) is 10.3 Å². The molecule has 4 aromatic rings. The largest absolute Gasteiger partial charge is 0.493 e. The highest BCUT2D eigenvalue weighted by molar-refractivity contribution is 6.06. The molecule has 10 heteroatoms. The fraction of sp³-hybridized carbons (Fsp3) is 0.167. The van der Waals surface area contributed by atoms with Crippen LogP contribution >= 0.6 is 0 Å². The molecule has 2 heterocycles. The Morgan fingerprint density at radius 2 is 1.80 bits per heavy atom. The van der Waals surface area contributed by atoms with E-state index in [9.17, 15) is 18.4 Å². The van der Waals surface area contributed by atoms with Crippen molar-refractivity contribution in [1.82, 2.24) is 9.55 Å². The van der Waals surface area contributed by atoms with Crippen LogP contribution in [0.1, 0.15) is 42.4 Å². The molecule has 208 valence electrons. The number of pyridine rings is 1. The second kappa shape index (κ2) is 13.7. The molecular weight excluding hydrogens is 518 g/mol. The summed E-state index contributed by atoms with van der Waals surface area (Å²) in [5.41, 5.74) is 0.887. The van der Waals surface area contributed by atoms with Crippen molar-refractivity contribution >= 4 is 23.6 Å². The minimum atomic E-state index is -0.811. The van der Waals surface area contributed by atoms with Crippen molar-refractivity contribution < 1.29 is 23.0 Å². The third-order valence-corrected chi connectivity index (χ3v) is 5.53. The van der Waals surface area contributed by atoms with Gasteiger partial charge >= 0.3 is 0 Å². The standard InChI is InChI=1S/C28H24F2N4O4.C2H6/c1-3-37-23-12-15-34(20-7-4-18(29)5-8-20)28(36)25(23)27(35)33-19-6-9-22(21(30)16-19)38-24(10-13-31)26-17(2)11-14-32-26;1-2/h4-16,31-32H,3H2,1-2H3,(H,33,35);1-2H3/b24-10+,31-13?;. The first-order chi connectivity index (χ1) is 19.3. The van der Waals surface area contributed by atoms with Gasteiger partial charge < -0.3 is 25.2 Å². The number of aryl methyl sites for hydroxylation is 1. The lowest BCUT2D eigenvalue weighted by molar-refractivity contribution is 0.102. The number of nitrogens with zero attached hydrogens (tertiary/aromatic N) is 1. The van der Waals surface area contributed by atoms with Crippen LogP contribution in [0.25, 0.3) is 11.4 Å². The minimum Gasteiger partial charge on any atom is -0.493 e. The normalized spacial score (nSPS) is 10.8. The van der Waals surface area contributed by atoms with E-state index < -0.39 is 23.1 Å². The maximum Gasteiger partial charge on any atom is 0.271 e. The molecule has 2 aromatic heterocycles. The number of aromatic amines is 1. The highest BCUT2D eigenvalue weighted by Gasteiger charge is 2.21. The fourth-order valence-electron chi connectivity index (χ4n) is 3.74. The Kier molecular flexibility index (Phi) is 10.1. The third kappa shape index (κ3) is 6.71. The predicted octanol–water partition coefficient (Wildman–Crippen LogP) is 6.50. The van der Waals surface area contributed by atoms with Crippen LogP contribution in [-0.4, -0.2) is 28.3 Å². The SMILES string of the molecule is CC.CCOc1ccn(-c2ccc(F)cc2)c(=O)c1C(=O)Nc1ccc(O/C(=C/C=N)c2[nH]ccc2C)c(F)c1. The van der Waals surface area contributed by atoms with Crippen molar-refractivity contribution in [3.63, 3.8) is 0 Å². The molecule has 0 aliphatic carbocycles. The van der Waals surface area contributed by atoms with Crippen LogP contribution in [0.5, 0.6) is 11.5 Å². The summed E-state index contributed by atoms with van der Waals surface area (Å²) in [6.07, 6.45) is 5.53. The lowest BCUT2D eigenvalue weighted by atomic mass is 10.2. The first-order valence-corrected chi connectivity index (χ1v) is 12.6. The summed E-state index contributed by atoms with van der Waals surface area (Å²) in [4.78, 5) is 29.4. The number of amides is 1. The number of H-pyrrole nitrogens is 1. The van der Waals surface area contributed by atoms with Crippen LogP contribution in [-0.2, 0) is 0 Å². The van der Waals surface area contributed by atoms with Crippen LogP contribution in [0.2, 0.25) is 0 Å². The van der Waals surface area contributed by atoms with Gasteiger partial charge in [0.25, 0.3) is 11.5 Å². The number of rotatable bonds is 9. The number of anilines is 1. The number of halogens is 2. The van der Waals surface area contributed by atoms with Crippen molar-refractivity contribution in [3.05, 3.63) is 112 Å². The molecule has 8 nitrogen and oxygen atoms in total. The highest BCUT2D eigenvalue weighted by atomic mass is 19.1. The molecule has 0 saturated heterocycles. The summed E-state index contributed by atoms with van der Waals surface area (Å²) in [6.45, 7) is 7.75. The van der Waals surface area contributed by atoms with Gasteiger partial charge in [0, 0.05) is 42.1 Å². The summed E-state index contributed by atoms with van der Waals surface area (Å²) >= 11 is 0. The lowest BCUT2D eigenvalue weighted by Crippen LogP contribution is -2.29. The number of ether oxygens (including phenoxy) is 2. The Balaban J connectivity index is 0.00000216. The number of benzene rings is 2. The number of allylic oxidation sites excluding steroid dienone is 1. The Bertz CT molecular complexity index is 1570. The maximum absolute atomic E-state index is 15.0. The zero-order chi connectivity index (χ0) is 29.2. The number of hydrogen-bond donors (Lipinski definition) is 3. The van der Waals surface area contributed by atoms with Crippen LogP contribution in [0.4, 0.5) is 14.5 Å². The number of carbonyl (C=O) groups excluding carboxylic acids is 1. The van der Waals surface area contributed by atoms with Gasteiger partial charge in [-0.1, -0.05) is 13.8 Å². The van der Waals surface area contributed by atoms with Gasteiger partial charge in [0.1, 0.15) is 17.1 Å². The molecule has 0 atom stereocenters. The predicted molar refractivity (Wildman–Crippen MR) is 152 cm³/mol. The quantitative estimate of drug-likeness (QED) is 0.164. The molecule has 0 fully saturated rings. The molecule has 40 heavy (non-hydrogen) atoms. The van der Waals surface area contributed by atoms with E-state index in [4.69, 9.17) is 14.9 Å². The van der Waals surface area contributed by atoms with Gasteiger partial charge in [0.15, 0.2) is 17.3 Å². The molecule has 0 unspecified atom stereocenters. The van der Waals surface area contributed by atoms with Gasteiger partial charge in [-0.05, 0) is 67.9 Å². The number of aromatic nitrogens is 2. The monoisotopic (exact) mass is 548 g/mol. The molecule has 0 spiro atoms. The van der Waals surface area contributed by atoms with Crippen LogP contribution in [0.15, 0.2) is 77.9 Å². The zero-order valence-corrected chi connectivity index (χ0v) is 22.5. The smallest absolute Gasteiger partial charge is 0.271 e. The van der Waals surface area contributed by atoms with E-state index in [1.165, 1.54) is 59.3 Å². The van der Waals surface area contributed by atoms with Gasteiger partial charge in [-0.3, -0.25) is 14.2 Å². The van der Waals surface area contributed by atoms with Gasteiger partial charge in [0.2, 0.25) is 0 Å². The Morgan fingerprint density at radius 1 is 1.07 bits per heavy atom. The van der Waals surface area contributed by atoms with Gasteiger partial charge in [-0.25, -0.2) is 8.78 Å². The molecule has 0 aliphatic rings. The van der Waals surface area contributed by atoms with E-state index >= 15 is 0 Å². The number of nitrogens with one attached hydrogen (secondary N) is 3. The summed E-state index contributed by atoms with van der Waals surface area (Å²) in [7, 11) is 0. The van der Waals surface area contributed by atoms with E-state index in [0.29, 0.717) is 11.4 Å². The first kappa shape index (κ1) is 29.6. The van der Waals surface area contributed by atoms with Crippen molar-refractivity contribution in [1.29, 1.82) is 5.41 Å². The molecular formula is C30H30F2N4O4. The lowest BCUT2D eigenvalue weighted by Gasteiger charge is -2.14. The Hall–Kier alpha value is -4.99. The average molecular weight is 549 g/mol. The summed E-state index contributed by atoms with van der Waals surface area (Å²) < 4.78 is 40.7. The summed E-state index contributed by atoms with van der Waals surface area (Å²) in [5, 5.41) is 9.90.